The molecule has 0 aliphatic carbocycles. The van der Waals surface area contributed by atoms with Crippen molar-refractivity contribution in [3.05, 3.63) is 46.5 Å². The Kier molecular flexibility index (Phi) is 4.22. The van der Waals surface area contributed by atoms with Crippen molar-refractivity contribution in [2.45, 2.75) is 0 Å². The van der Waals surface area contributed by atoms with Crippen molar-refractivity contribution < 1.29 is 4.92 Å². The van der Waals surface area contributed by atoms with Crippen molar-refractivity contribution in [2.75, 3.05) is 36.7 Å². The van der Waals surface area contributed by atoms with E-state index in [1.807, 2.05) is 43.3 Å². The number of hydrogen-bond donors (Lipinski definition) is 2. The minimum Gasteiger partial charge on any atom is -0.378 e. The van der Waals surface area contributed by atoms with Crippen LogP contribution >= 0.6 is 0 Å². The minimum atomic E-state index is -0.441. The van der Waals surface area contributed by atoms with Crippen LogP contribution in [0.15, 0.2) is 36.4 Å². The molecule has 110 valence electrons. The summed E-state index contributed by atoms with van der Waals surface area (Å²) in [6.07, 6.45) is 0. The number of pyridine rings is 1. The first-order valence-electron chi connectivity index (χ1n) is 6.38. The maximum atomic E-state index is 10.9. The quantitative estimate of drug-likeness (QED) is 0.650. The molecule has 0 fully saturated rings. The number of nitrogens with one attached hydrogen (secondary N) is 2. The van der Waals surface area contributed by atoms with E-state index < -0.39 is 4.92 Å². The first-order valence-corrected chi connectivity index (χ1v) is 6.38. The first-order chi connectivity index (χ1) is 9.99. The molecule has 1 aromatic heterocycles. The third-order valence-electron chi connectivity index (χ3n) is 2.91. The molecule has 7 heteroatoms. The Labute approximate surface area is 122 Å². The molecule has 2 rings (SSSR count). The predicted octanol–water partition coefficient (Wildman–Crippen LogP) is 2.84. The molecular weight excluding hydrogens is 270 g/mol. The van der Waals surface area contributed by atoms with Gasteiger partial charge >= 0.3 is 0 Å². The van der Waals surface area contributed by atoms with Gasteiger partial charge in [0.25, 0.3) is 5.69 Å². The van der Waals surface area contributed by atoms with E-state index in [4.69, 9.17) is 0 Å². The normalized spacial score (nSPS) is 10.0. The maximum Gasteiger partial charge on any atom is 0.276 e. The van der Waals surface area contributed by atoms with Crippen LogP contribution in [0.25, 0.3) is 0 Å². The van der Waals surface area contributed by atoms with E-state index in [2.05, 4.69) is 15.6 Å². The van der Waals surface area contributed by atoms with E-state index in [0.717, 1.165) is 11.4 Å². The predicted molar refractivity (Wildman–Crippen MR) is 84.5 cm³/mol. The highest BCUT2D eigenvalue weighted by Gasteiger charge is 2.11. The Morgan fingerprint density at radius 3 is 2.52 bits per heavy atom. The average molecular weight is 287 g/mol. The number of nitro groups is 1. The summed E-state index contributed by atoms with van der Waals surface area (Å²) in [7, 11) is 5.57. The second-order valence-corrected chi connectivity index (χ2v) is 4.67. The Balaban J connectivity index is 2.32. The van der Waals surface area contributed by atoms with E-state index in [1.54, 1.807) is 7.05 Å². The molecule has 7 nitrogen and oxygen atoms in total. The standard InChI is InChI=1S/C14H17N5O2/c1-15-13-8-12(19(20)21)9-14(17-13)16-10-5-4-6-11(7-10)18(2)3/h4-9H,1-3H3,(H2,15,16,17). The topological polar surface area (TPSA) is 83.3 Å². The van der Waals surface area contributed by atoms with Crippen molar-refractivity contribution in [1.29, 1.82) is 0 Å². The Morgan fingerprint density at radius 2 is 1.90 bits per heavy atom. The van der Waals surface area contributed by atoms with E-state index in [9.17, 15) is 10.1 Å². The molecule has 21 heavy (non-hydrogen) atoms. The molecule has 0 atom stereocenters. The number of anilines is 4. The molecule has 0 bridgehead atoms. The van der Waals surface area contributed by atoms with E-state index in [-0.39, 0.29) is 5.69 Å². The van der Waals surface area contributed by atoms with Gasteiger partial charge in [-0.25, -0.2) is 4.98 Å². The SMILES string of the molecule is CNc1cc([N+](=O)[O-])cc(Nc2cccc(N(C)C)c2)n1. The molecular formula is C14H17N5O2. The summed E-state index contributed by atoms with van der Waals surface area (Å²) in [6.45, 7) is 0. The highest BCUT2D eigenvalue weighted by Crippen LogP contribution is 2.25. The number of benzene rings is 1. The zero-order valence-electron chi connectivity index (χ0n) is 12.1. The summed E-state index contributed by atoms with van der Waals surface area (Å²) in [4.78, 5) is 16.7. The van der Waals surface area contributed by atoms with Crippen molar-refractivity contribution in [2.24, 2.45) is 0 Å². The van der Waals surface area contributed by atoms with Crippen molar-refractivity contribution in [3.63, 3.8) is 0 Å². The van der Waals surface area contributed by atoms with Crippen LogP contribution in [0.5, 0.6) is 0 Å². The lowest BCUT2D eigenvalue weighted by molar-refractivity contribution is -0.384. The van der Waals surface area contributed by atoms with Gasteiger partial charge in [0.05, 0.1) is 17.1 Å². The Hall–Kier alpha value is -2.83. The fourth-order valence-corrected chi connectivity index (χ4v) is 1.82. The van der Waals surface area contributed by atoms with Crippen molar-refractivity contribution in [1.82, 2.24) is 4.98 Å². The molecule has 0 aliphatic rings. The maximum absolute atomic E-state index is 10.9. The number of aromatic nitrogens is 1. The summed E-state index contributed by atoms with van der Waals surface area (Å²) in [5.74, 6) is 0.861. The Morgan fingerprint density at radius 1 is 1.19 bits per heavy atom. The molecule has 0 amide bonds. The Bertz CT molecular complexity index is 658. The van der Waals surface area contributed by atoms with Crippen molar-refractivity contribution >= 4 is 28.7 Å². The summed E-state index contributed by atoms with van der Waals surface area (Å²) < 4.78 is 0. The number of hydrogen-bond acceptors (Lipinski definition) is 6. The fourth-order valence-electron chi connectivity index (χ4n) is 1.82. The lowest BCUT2D eigenvalue weighted by Gasteiger charge is -2.14. The van der Waals surface area contributed by atoms with Crippen LogP contribution in [0.2, 0.25) is 0 Å². The lowest BCUT2D eigenvalue weighted by Crippen LogP contribution is -2.08. The van der Waals surface area contributed by atoms with E-state index >= 15 is 0 Å². The van der Waals surface area contributed by atoms with Gasteiger partial charge in [0.1, 0.15) is 11.6 Å². The lowest BCUT2D eigenvalue weighted by atomic mass is 10.2. The van der Waals surface area contributed by atoms with Gasteiger partial charge in [0.15, 0.2) is 0 Å². The molecule has 0 aliphatic heterocycles. The number of nitrogens with zero attached hydrogens (tertiary/aromatic N) is 3. The highest BCUT2D eigenvalue weighted by molar-refractivity contribution is 5.65. The molecule has 0 saturated carbocycles. The van der Waals surface area contributed by atoms with Crippen LogP contribution in [0.3, 0.4) is 0 Å². The third-order valence-corrected chi connectivity index (χ3v) is 2.91. The molecule has 0 saturated heterocycles. The zero-order chi connectivity index (χ0) is 15.4. The first kappa shape index (κ1) is 14.6. The monoisotopic (exact) mass is 287 g/mol. The van der Waals surface area contributed by atoms with Crippen molar-refractivity contribution in [3.8, 4) is 0 Å². The van der Waals surface area contributed by atoms with Gasteiger partial charge in [-0.1, -0.05) is 6.07 Å². The van der Waals surface area contributed by atoms with Gasteiger partial charge in [-0.15, -0.1) is 0 Å². The molecule has 1 heterocycles. The van der Waals surface area contributed by atoms with Crippen LogP contribution in [0.4, 0.5) is 28.7 Å². The van der Waals surface area contributed by atoms with Gasteiger partial charge in [0, 0.05) is 32.5 Å². The van der Waals surface area contributed by atoms with Gasteiger partial charge in [-0.3, -0.25) is 10.1 Å². The fraction of sp³-hybridized carbons (Fsp3) is 0.214. The van der Waals surface area contributed by atoms with Crippen LogP contribution in [0, 0.1) is 10.1 Å². The largest absolute Gasteiger partial charge is 0.378 e. The van der Waals surface area contributed by atoms with Crippen LogP contribution in [-0.4, -0.2) is 31.1 Å². The summed E-state index contributed by atoms with van der Waals surface area (Å²) in [6, 6.07) is 10.5. The molecule has 0 unspecified atom stereocenters. The van der Waals surface area contributed by atoms with Gasteiger partial charge < -0.3 is 15.5 Å². The molecule has 0 radical (unpaired) electrons. The summed E-state index contributed by atoms with van der Waals surface area (Å²) in [5.41, 5.74) is 1.83. The minimum absolute atomic E-state index is 0.0133. The number of rotatable bonds is 5. The molecule has 2 aromatic rings. The smallest absolute Gasteiger partial charge is 0.276 e. The van der Waals surface area contributed by atoms with E-state index in [1.165, 1.54) is 12.1 Å². The van der Waals surface area contributed by atoms with Gasteiger partial charge in [0.2, 0.25) is 0 Å². The zero-order valence-corrected chi connectivity index (χ0v) is 12.1. The van der Waals surface area contributed by atoms with Gasteiger partial charge in [-0.05, 0) is 18.2 Å². The second kappa shape index (κ2) is 6.08. The summed E-state index contributed by atoms with van der Waals surface area (Å²) >= 11 is 0. The van der Waals surface area contributed by atoms with Crippen LogP contribution < -0.4 is 15.5 Å². The molecule has 0 spiro atoms. The third kappa shape index (κ3) is 3.59. The second-order valence-electron chi connectivity index (χ2n) is 4.67. The van der Waals surface area contributed by atoms with E-state index in [0.29, 0.717) is 11.6 Å². The van der Waals surface area contributed by atoms with Crippen LogP contribution in [-0.2, 0) is 0 Å². The molecule has 1 aromatic carbocycles. The molecule has 2 N–H and O–H groups in total. The average Bonchev–Trinajstić information content (AvgIpc) is 2.47. The van der Waals surface area contributed by atoms with Gasteiger partial charge in [-0.2, -0.15) is 0 Å². The summed E-state index contributed by atoms with van der Waals surface area (Å²) in [5, 5.41) is 16.8. The highest BCUT2D eigenvalue weighted by atomic mass is 16.6. The van der Waals surface area contributed by atoms with Crippen LogP contribution in [0.1, 0.15) is 0 Å².